The highest BCUT2D eigenvalue weighted by Gasteiger charge is 2.44. The fourth-order valence-corrected chi connectivity index (χ4v) is 3.95. The van der Waals surface area contributed by atoms with Crippen molar-refractivity contribution in [2.75, 3.05) is 19.8 Å². The van der Waals surface area contributed by atoms with E-state index in [0.717, 1.165) is 44.9 Å². The summed E-state index contributed by atoms with van der Waals surface area (Å²) in [4.78, 5) is 24.5. The van der Waals surface area contributed by atoms with Crippen LogP contribution in [0.1, 0.15) is 97.3 Å². The summed E-state index contributed by atoms with van der Waals surface area (Å²) in [5, 5.41) is 39.3. The zero-order chi connectivity index (χ0) is 26.8. The second-order valence-corrected chi connectivity index (χ2v) is 9.51. The van der Waals surface area contributed by atoms with Gasteiger partial charge in [-0.2, -0.15) is 0 Å². The summed E-state index contributed by atoms with van der Waals surface area (Å²) < 4.78 is 21.6. The smallest absolute Gasteiger partial charge is 0.306 e. The van der Waals surface area contributed by atoms with Gasteiger partial charge >= 0.3 is 11.9 Å². The Morgan fingerprint density at radius 3 is 1.92 bits per heavy atom. The lowest BCUT2D eigenvalue weighted by molar-refractivity contribution is -0.305. The van der Waals surface area contributed by atoms with Crippen molar-refractivity contribution in [2.45, 2.75) is 134 Å². The molecule has 0 bridgehead atoms. The van der Waals surface area contributed by atoms with Crippen LogP contribution >= 0.6 is 0 Å². The van der Waals surface area contributed by atoms with Gasteiger partial charge in [0.05, 0.1) is 13.2 Å². The van der Waals surface area contributed by atoms with Crippen LogP contribution in [0.4, 0.5) is 0 Å². The Labute approximate surface area is 215 Å². The average Bonchev–Trinajstić information content (AvgIpc) is 2.87. The SMILES string of the molecule is CCCCCCCCCC(=O)O[C@H](COC(=O)CCCCCC)CO[C@@H]1O[C@H](CO)[C@H](O)[C@H](O)[C@H]1O. The molecule has 10 nitrogen and oxygen atoms in total. The van der Waals surface area contributed by atoms with Gasteiger partial charge in [0, 0.05) is 12.8 Å². The fourth-order valence-electron chi connectivity index (χ4n) is 3.95. The van der Waals surface area contributed by atoms with Gasteiger partial charge in [-0.15, -0.1) is 0 Å². The zero-order valence-electron chi connectivity index (χ0n) is 22.0. The van der Waals surface area contributed by atoms with E-state index in [4.69, 9.17) is 18.9 Å². The Morgan fingerprint density at radius 2 is 1.31 bits per heavy atom. The van der Waals surface area contributed by atoms with E-state index in [2.05, 4.69) is 13.8 Å². The number of hydrogen-bond donors (Lipinski definition) is 4. The lowest BCUT2D eigenvalue weighted by Gasteiger charge is -2.39. The van der Waals surface area contributed by atoms with Gasteiger partial charge in [0.1, 0.15) is 31.0 Å². The monoisotopic (exact) mass is 520 g/mol. The molecule has 1 heterocycles. The van der Waals surface area contributed by atoms with Crippen molar-refractivity contribution in [1.29, 1.82) is 0 Å². The van der Waals surface area contributed by atoms with E-state index < -0.39 is 55.4 Å². The number of rotatable bonds is 20. The largest absolute Gasteiger partial charge is 0.462 e. The zero-order valence-corrected chi connectivity index (χ0v) is 22.0. The van der Waals surface area contributed by atoms with Crippen LogP contribution in [0.2, 0.25) is 0 Å². The van der Waals surface area contributed by atoms with Gasteiger partial charge in [-0.05, 0) is 12.8 Å². The Bertz CT molecular complexity index is 585. The molecule has 0 radical (unpaired) electrons. The highest BCUT2D eigenvalue weighted by molar-refractivity contribution is 5.70. The van der Waals surface area contributed by atoms with Crippen LogP contribution in [0, 0.1) is 0 Å². The van der Waals surface area contributed by atoms with Gasteiger partial charge in [-0.1, -0.05) is 71.6 Å². The van der Waals surface area contributed by atoms with E-state index in [1.807, 2.05) is 0 Å². The van der Waals surface area contributed by atoms with E-state index in [-0.39, 0.29) is 26.1 Å². The van der Waals surface area contributed by atoms with Gasteiger partial charge < -0.3 is 39.4 Å². The van der Waals surface area contributed by atoms with E-state index in [0.29, 0.717) is 6.42 Å². The molecule has 0 aromatic carbocycles. The molecule has 36 heavy (non-hydrogen) atoms. The number of ether oxygens (including phenoxy) is 4. The average molecular weight is 521 g/mol. The molecule has 1 aliphatic rings. The molecule has 0 aromatic rings. The van der Waals surface area contributed by atoms with Crippen LogP contribution in [0.25, 0.3) is 0 Å². The van der Waals surface area contributed by atoms with Crippen molar-refractivity contribution in [3.05, 3.63) is 0 Å². The Balaban J connectivity index is 2.56. The molecular weight excluding hydrogens is 472 g/mol. The van der Waals surface area contributed by atoms with Gasteiger partial charge in [0.25, 0.3) is 0 Å². The van der Waals surface area contributed by atoms with Gasteiger partial charge in [-0.3, -0.25) is 9.59 Å². The number of aliphatic hydroxyl groups is 4. The Morgan fingerprint density at radius 1 is 0.750 bits per heavy atom. The molecule has 0 amide bonds. The molecule has 212 valence electrons. The minimum Gasteiger partial charge on any atom is -0.462 e. The molecule has 10 heteroatoms. The minimum absolute atomic E-state index is 0.215. The van der Waals surface area contributed by atoms with Crippen LogP contribution < -0.4 is 0 Å². The number of carbonyl (C=O) groups excluding carboxylic acids is 2. The Kier molecular flexibility index (Phi) is 18.0. The van der Waals surface area contributed by atoms with E-state index in [1.165, 1.54) is 19.3 Å². The van der Waals surface area contributed by atoms with Crippen LogP contribution in [0.15, 0.2) is 0 Å². The first-order valence-corrected chi connectivity index (χ1v) is 13.6. The van der Waals surface area contributed by atoms with Crippen LogP contribution in [0.3, 0.4) is 0 Å². The van der Waals surface area contributed by atoms with Crippen molar-refractivity contribution >= 4 is 11.9 Å². The maximum absolute atomic E-state index is 12.4. The first-order chi connectivity index (χ1) is 17.3. The van der Waals surface area contributed by atoms with Crippen molar-refractivity contribution in [3.8, 4) is 0 Å². The molecule has 1 rings (SSSR count). The summed E-state index contributed by atoms with van der Waals surface area (Å²) in [6.07, 6.45) is 3.60. The molecule has 0 aromatic heterocycles. The molecule has 6 atom stereocenters. The molecule has 0 aliphatic carbocycles. The number of hydrogen-bond acceptors (Lipinski definition) is 10. The van der Waals surface area contributed by atoms with Crippen LogP contribution in [-0.4, -0.2) is 89.0 Å². The lowest BCUT2D eigenvalue weighted by Crippen LogP contribution is -2.59. The second-order valence-electron chi connectivity index (χ2n) is 9.51. The predicted octanol–water partition coefficient (Wildman–Crippen LogP) is 2.37. The number of unbranched alkanes of at least 4 members (excludes halogenated alkanes) is 9. The third kappa shape index (κ3) is 13.3. The summed E-state index contributed by atoms with van der Waals surface area (Å²) in [6.45, 7) is 3.18. The molecule has 1 saturated heterocycles. The van der Waals surface area contributed by atoms with E-state index in [1.54, 1.807) is 0 Å². The predicted molar refractivity (Wildman–Crippen MR) is 132 cm³/mol. The van der Waals surface area contributed by atoms with Crippen molar-refractivity contribution < 1.29 is 49.0 Å². The lowest BCUT2D eigenvalue weighted by atomic mass is 9.99. The molecule has 0 spiro atoms. The summed E-state index contributed by atoms with van der Waals surface area (Å²) in [5.41, 5.74) is 0. The minimum atomic E-state index is -1.58. The second kappa shape index (κ2) is 19.8. The third-order valence-electron chi connectivity index (χ3n) is 6.24. The topological polar surface area (TPSA) is 152 Å². The van der Waals surface area contributed by atoms with Crippen molar-refractivity contribution in [2.24, 2.45) is 0 Å². The maximum Gasteiger partial charge on any atom is 0.306 e. The van der Waals surface area contributed by atoms with Crippen LogP contribution in [0.5, 0.6) is 0 Å². The summed E-state index contributed by atoms with van der Waals surface area (Å²) in [5.74, 6) is -0.836. The summed E-state index contributed by atoms with van der Waals surface area (Å²) in [6, 6.07) is 0. The standard InChI is InChI=1S/C26H48O10/c1-3-5-7-9-10-11-13-15-22(29)35-19(17-33-21(28)14-12-8-6-4-2)18-34-26-25(32)24(31)23(30)20(16-27)36-26/h19-20,23-27,30-32H,3-18H2,1-2H3/t19-,20-,23+,24+,25-,26-/m1/s1. The van der Waals surface area contributed by atoms with Crippen molar-refractivity contribution in [1.82, 2.24) is 0 Å². The molecule has 1 fully saturated rings. The van der Waals surface area contributed by atoms with Gasteiger partial charge in [0.2, 0.25) is 0 Å². The third-order valence-corrected chi connectivity index (χ3v) is 6.24. The quantitative estimate of drug-likeness (QED) is 0.139. The van der Waals surface area contributed by atoms with Crippen molar-refractivity contribution in [3.63, 3.8) is 0 Å². The van der Waals surface area contributed by atoms with E-state index >= 15 is 0 Å². The van der Waals surface area contributed by atoms with Gasteiger partial charge in [0.15, 0.2) is 12.4 Å². The van der Waals surface area contributed by atoms with Gasteiger partial charge in [-0.25, -0.2) is 0 Å². The normalized spacial score (nSPS) is 24.9. The molecule has 4 N–H and O–H groups in total. The molecular formula is C26H48O10. The van der Waals surface area contributed by atoms with Crippen LogP contribution in [-0.2, 0) is 28.5 Å². The Hall–Kier alpha value is -1.30. The number of aliphatic hydroxyl groups excluding tert-OH is 4. The summed E-state index contributed by atoms with van der Waals surface area (Å²) >= 11 is 0. The molecule has 0 saturated carbocycles. The fraction of sp³-hybridized carbons (Fsp3) is 0.923. The number of carbonyl (C=O) groups is 2. The maximum atomic E-state index is 12.4. The highest BCUT2D eigenvalue weighted by atomic mass is 16.7. The first kappa shape index (κ1) is 32.7. The first-order valence-electron chi connectivity index (χ1n) is 13.6. The molecule has 1 aliphatic heterocycles. The highest BCUT2D eigenvalue weighted by Crippen LogP contribution is 2.22. The van der Waals surface area contributed by atoms with E-state index in [9.17, 15) is 30.0 Å². The number of esters is 2. The summed E-state index contributed by atoms with van der Waals surface area (Å²) in [7, 11) is 0. The molecule has 0 unspecified atom stereocenters.